The molecule has 1 atom stereocenters. The molecule has 0 radical (unpaired) electrons. The van der Waals surface area contributed by atoms with E-state index in [1.807, 2.05) is 0 Å². The summed E-state index contributed by atoms with van der Waals surface area (Å²) >= 11 is 9.04. The van der Waals surface area contributed by atoms with E-state index >= 15 is 0 Å². The number of nitrogens with one attached hydrogen (secondary N) is 1. The quantitative estimate of drug-likeness (QED) is 0.848. The van der Waals surface area contributed by atoms with Gasteiger partial charge >= 0.3 is 0 Å². The largest absolute Gasteiger partial charge is 0.480 e. The number of hydrogen-bond donors (Lipinski definition) is 1. The molecule has 2 rings (SSSR count). The molecule has 0 saturated carbocycles. The van der Waals surface area contributed by atoms with E-state index in [-0.39, 0.29) is 11.7 Å². The van der Waals surface area contributed by atoms with Crippen LogP contribution >= 0.6 is 27.5 Å². The topological polar surface area (TPSA) is 38.3 Å². The average Bonchev–Trinajstić information content (AvgIpc) is 2.41. The maximum absolute atomic E-state index is 13.0. The molecule has 3 nitrogen and oxygen atoms in total. The monoisotopic (exact) mass is 371 g/mol. The number of rotatable bonds is 4. The Bertz CT molecular complexity index is 666. The summed E-state index contributed by atoms with van der Waals surface area (Å²) in [5, 5.41) is 3.23. The van der Waals surface area contributed by atoms with Crippen molar-refractivity contribution in [3.8, 4) is 5.75 Å². The molecule has 0 saturated heterocycles. The van der Waals surface area contributed by atoms with E-state index in [2.05, 4.69) is 21.2 Å². The van der Waals surface area contributed by atoms with Gasteiger partial charge in [0.2, 0.25) is 0 Å². The highest BCUT2D eigenvalue weighted by molar-refractivity contribution is 9.10. The van der Waals surface area contributed by atoms with Crippen molar-refractivity contribution in [2.75, 3.05) is 5.32 Å². The fraction of sp³-hybridized carbons (Fsp3) is 0.133. The van der Waals surface area contributed by atoms with Crippen LogP contribution < -0.4 is 10.1 Å². The number of anilines is 1. The predicted molar refractivity (Wildman–Crippen MR) is 84.3 cm³/mol. The summed E-state index contributed by atoms with van der Waals surface area (Å²) in [6.45, 7) is 1.61. The third kappa shape index (κ3) is 4.44. The minimum absolute atomic E-state index is 0.325. The first-order chi connectivity index (χ1) is 9.95. The minimum atomic E-state index is -0.745. The maximum atomic E-state index is 13.0. The third-order valence-electron chi connectivity index (χ3n) is 2.66. The molecule has 2 aromatic rings. The van der Waals surface area contributed by atoms with Crippen molar-refractivity contribution in [3.05, 3.63) is 57.8 Å². The second-order valence-corrected chi connectivity index (χ2v) is 5.63. The number of ether oxygens (including phenoxy) is 1. The standard InChI is InChI=1S/C15H12BrClFNO2/c1-9(21-14-6-5-11(18)8-13(14)16)15(20)19-12-4-2-3-10(17)7-12/h2-9H,1H3,(H,19,20). The lowest BCUT2D eigenvalue weighted by molar-refractivity contribution is -0.122. The van der Waals surface area contributed by atoms with Gasteiger partial charge in [0.15, 0.2) is 6.10 Å². The lowest BCUT2D eigenvalue weighted by atomic mass is 10.3. The number of halogens is 3. The van der Waals surface area contributed by atoms with Crippen LogP contribution in [0.25, 0.3) is 0 Å². The van der Waals surface area contributed by atoms with E-state index in [1.54, 1.807) is 31.2 Å². The smallest absolute Gasteiger partial charge is 0.265 e. The van der Waals surface area contributed by atoms with Crippen molar-refractivity contribution in [2.45, 2.75) is 13.0 Å². The molecule has 0 aliphatic carbocycles. The first-order valence-corrected chi connectivity index (χ1v) is 7.31. The van der Waals surface area contributed by atoms with Crippen LogP contribution in [-0.4, -0.2) is 12.0 Å². The van der Waals surface area contributed by atoms with Crippen LogP contribution in [0.2, 0.25) is 5.02 Å². The molecular weight excluding hydrogens is 361 g/mol. The Balaban J connectivity index is 2.02. The van der Waals surface area contributed by atoms with Crippen molar-refractivity contribution >= 4 is 39.1 Å². The van der Waals surface area contributed by atoms with Gasteiger partial charge in [-0.15, -0.1) is 0 Å². The summed E-state index contributed by atoms with van der Waals surface area (Å²) < 4.78 is 18.9. The van der Waals surface area contributed by atoms with Crippen LogP contribution in [0, 0.1) is 5.82 Å². The van der Waals surface area contributed by atoms with E-state index in [4.69, 9.17) is 16.3 Å². The molecule has 6 heteroatoms. The van der Waals surface area contributed by atoms with Gasteiger partial charge in [-0.05, 0) is 59.3 Å². The fourth-order valence-corrected chi connectivity index (χ4v) is 2.26. The normalized spacial score (nSPS) is 11.8. The molecule has 0 bridgehead atoms. The van der Waals surface area contributed by atoms with Crippen LogP contribution in [0.3, 0.4) is 0 Å². The SMILES string of the molecule is CC(Oc1ccc(F)cc1Br)C(=O)Nc1cccc(Cl)c1. The van der Waals surface area contributed by atoms with Gasteiger partial charge in [-0.3, -0.25) is 4.79 Å². The van der Waals surface area contributed by atoms with Crippen LogP contribution in [0.15, 0.2) is 46.9 Å². The van der Waals surface area contributed by atoms with Crippen LogP contribution in [-0.2, 0) is 4.79 Å². The number of amides is 1. The molecule has 1 unspecified atom stereocenters. The molecule has 0 fully saturated rings. The number of carbonyl (C=O) groups is 1. The van der Waals surface area contributed by atoms with Gasteiger partial charge in [0.1, 0.15) is 11.6 Å². The summed E-state index contributed by atoms with van der Waals surface area (Å²) in [5.74, 6) is -0.316. The van der Waals surface area contributed by atoms with Gasteiger partial charge in [0.25, 0.3) is 5.91 Å². The maximum Gasteiger partial charge on any atom is 0.265 e. The highest BCUT2D eigenvalue weighted by Gasteiger charge is 2.16. The average molecular weight is 373 g/mol. The van der Waals surface area contributed by atoms with Crippen molar-refractivity contribution in [3.63, 3.8) is 0 Å². The molecule has 0 aromatic heterocycles. The zero-order valence-corrected chi connectivity index (χ0v) is 13.4. The minimum Gasteiger partial charge on any atom is -0.480 e. The highest BCUT2D eigenvalue weighted by Crippen LogP contribution is 2.26. The van der Waals surface area contributed by atoms with E-state index in [9.17, 15) is 9.18 Å². The number of benzene rings is 2. The zero-order chi connectivity index (χ0) is 15.4. The van der Waals surface area contributed by atoms with E-state index < -0.39 is 6.10 Å². The third-order valence-corrected chi connectivity index (χ3v) is 3.51. The summed E-state index contributed by atoms with van der Waals surface area (Å²) in [4.78, 5) is 12.0. The Morgan fingerprint density at radius 3 is 2.76 bits per heavy atom. The molecule has 1 N–H and O–H groups in total. The molecule has 110 valence electrons. The number of carbonyl (C=O) groups excluding carboxylic acids is 1. The van der Waals surface area contributed by atoms with Crippen LogP contribution in [0.5, 0.6) is 5.75 Å². The van der Waals surface area contributed by atoms with Crippen molar-refractivity contribution in [2.24, 2.45) is 0 Å². The molecule has 0 aliphatic rings. The Morgan fingerprint density at radius 2 is 2.10 bits per heavy atom. The van der Waals surface area contributed by atoms with E-state index in [1.165, 1.54) is 18.2 Å². The summed E-state index contributed by atoms with van der Waals surface area (Å²) in [6.07, 6.45) is -0.745. The Kier molecular flexibility index (Phi) is 5.20. The second-order valence-electron chi connectivity index (χ2n) is 4.33. The first kappa shape index (κ1) is 15.8. The lowest BCUT2D eigenvalue weighted by Crippen LogP contribution is -2.30. The van der Waals surface area contributed by atoms with Gasteiger partial charge in [-0.25, -0.2) is 4.39 Å². The van der Waals surface area contributed by atoms with Crippen molar-refractivity contribution in [1.29, 1.82) is 0 Å². The zero-order valence-electron chi connectivity index (χ0n) is 11.1. The van der Waals surface area contributed by atoms with Gasteiger partial charge in [-0.1, -0.05) is 17.7 Å². The van der Waals surface area contributed by atoms with Gasteiger partial charge < -0.3 is 10.1 Å². The summed E-state index contributed by atoms with van der Waals surface area (Å²) in [7, 11) is 0. The molecular formula is C15H12BrClFNO2. The molecule has 0 spiro atoms. The molecule has 0 aliphatic heterocycles. The molecule has 21 heavy (non-hydrogen) atoms. The summed E-state index contributed by atoms with van der Waals surface area (Å²) in [6, 6.07) is 10.8. The Labute approximate surface area is 135 Å². The highest BCUT2D eigenvalue weighted by atomic mass is 79.9. The van der Waals surface area contributed by atoms with Gasteiger partial charge in [0, 0.05) is 10.7 Å². The van der Waals surface area contributed by atoms with Gasteiger partial charge in [-0.2, -0.15) is 0 Å². The summed E-state index contributed by atoms with van der Waals surface area (Å²) in [5.41, 5.74) is 0.584. The van der Waals surface area contributed by atoms with Crippen LogP contribution in [0.1, 0.15) is 6.92 Å². The molecule has 2 aromatic carbocycles. The first-order valence-electron chi connectivity index (χ1n) is 6.14. The van der Waals surface area contributed by atoms with E-state index in [0.29, 0.717) is 20.9 Å². The fourth-order valence-electron chi connectivity index (χ4n) is 1.62. The number of hydrogen-bond acceptors (Lipinski definition) is 2. The van der Waals surface area contributed by atoms with Crippen molar-refractivity contribution < 1.29 is 13.9 Å². The molecule has 0 heterocycles. The van der Waals surface area contributed by atoms with Crippen LogP contribution in [0.4, 0.5) is 10.1 Å². The second kappa shape index (κ2) is 6.91. The predicted octanol–water partition coefficient (Wildman–Crippen LogP) is 4.65. The lowest BCUT2D eigenvalue weighted by Gasteiger charge is -2.15. The van der Waals surface area contributed by atoms with Gasteiger partial charge in [0.05, 0.1) is 4.47 Å². The van der Waals surface area contributed by atoms with Crippen molar-refractivity contribution in [1.82, 2.24) is 0 Å². The van der Waals surface area contributed by atoms with E-state index in [0.717, 1.165) is 0 Å². The Hall–Kier alpha value is -1.59. The molecule has 1 amide bonds. The Morgan fingerprint density at radius 1 is 1.33 bits per heavy atom.